The summed E-state index contributed by atoms with van der Waals surface area (Å²) in [6.07, 6.45) is 4.99. The molecule has 0 aliphatic heterocycles. The molecule has 0 bridgehead atoms. The lowest BCUT2D eigenvalue weighted by Crippen LogP contribution is -2.42. The highest BCUT2D eigenvalue weighted by Crippen LogP contribution is 2.24. The van der Waals surface area contributed by atoms with Crippen LogP contribution in [0.15, 0.2) is 0 Å². The van der Waals surface area contributed by atoms with Crippen LogP contribution in [-0.4, -0.2) is 30.6 Å². The number of hydrogen-bond acceptors (Lipinski definition) is 2. The summed E-state index contributed by atoms with van der Waals surface area (Å²) in [5.41, 5.74) is 6.32. The lowest BCUT2D eigenvalue weighted by molar-refractivity contribution is 0.136. The molecule has 1 fully saturated rings. The van der Waals surface area contributed by atoms with Crippen LogP contribution in [0.3, 0.4) is 0 Å². The molecule has 0 aromatic heterocycles. The van der Waals surface area contributed by atoms with Crippen molar-refractivity contribution in [2.24, 2.45) is 11.1 Å². The van der Waals surface area contributed by atoms with Crippen molar-refractivity contribution in [3.05, 3.63) is 0 Å². The molecule has 0 spiro atoms. The Bertz CT molecular complexity index is 164. The van der Waals surface area contributed by atoms with Gasteiger partial charge in [-0.3, -0.25) is 0 Å². The molecule has 1 rings (SSSR count). The molecule has 0 atom stereocenters. The molecule has 0 amide bonds. The standard InChI is InChI=1S/C12H26N2/c1-12(2,3)9-14(4)11-7-5-10(13)6-8-11/h10-11H,5-9,13H2,1-4H3. The molecule has 0 aromatic rings. The van der Waals surface area contributed by atoms with Crippen molar-refractivity contribution in [1.82, 2.24) is 4.90 Å². The highest BCUT2D eigenvalue weighted by molar-refractivity contribution is 4.81. The fourth-order valence-corrected chi connectivity index (χ4v) is 2.42. The van der Waals surface area contributed by atoms with Crippen LogP contribution in [0.25, 0.3) is 0 Å². The Morgan fingerprint density at radius 2 is 1.64 bits per heavy atom. The molecule has 14 heavy (non-hydrogen) atoms. The Labute approximate surface area is 88.8 Å². The van der Waals surface area contributed by atoms with Crippen LogP contribution >= 0.6 is 0 Å². The fraction of sp³-hybridized carbons (Fsp3) is 1.00. The maximum atomic E-state index is 5.91. The van der Waals surface area contributed by atoms with Gasteiger partial charge in [-0.05, 0) is 38.1 Å². The molecule has 1 aliphatic rings. The van der Waals surface area contributed by atoms with Crippen molar-refractivity contribution in [2.45, 2.75) is 58.5 Å². The first kappa shape index (κ1) is 12.0. The van der Waals surface area contributed by atoms with Gasteiger partial charge < -0.3 is 10.6 Å². The van der Waals surface area contributed by atoms with Gasteiger partial charge in [0.15, 0.2) is 0 Å². The van der Waals surface area contributed by atoms with Crippen molar-refractivity contribution in [1.29, 1.82) is 0 Å². The van der Waals surface area contributed by atoms with Crippen LogP contribution in [0.5, 0.6) is 0 Å². The first-order valence-corrected chi connectivity index (χ1v) is 5.84. The number of nitrogens with zero attached hydrogens (tertiary/aromatic N) is 1. The van der Waals surface area contributed by atoms with Gasteiger partial charge in [0.25, 0.3) is 0 Å². The molecule has 1 aliphatic carbocycles. The zero-order valence-electron chi connectivity index (χ0n) is 10.2. The molecule has 0 radical (unpaired) electrons. The third-order valence-electron chi connectivity index (χ3n) is 3.09. The third kappa shape index (κ3) is 3.97. The van der Waals surface area contributed by atoms with Crippen molar-refractivity contribution in [2.75, 3.05) is 13.6 Å². The van der Waals surface area contributed by atoms with E-state index in [1.807, 2.05) is 0 Å². The van der Waals surface area contributed by atoms with E-state index in [1.54, 1.807) is 0 Å². The molecule has 2 N–H and O–H groups in total. The molecule has 2 heteroatoms. The van der Waals surface area contributed by atoms with Gasteiger partial charge in [-0.15, -0.1) is 0 Å². The summed E-state index contributed by atoms with van der Waals surface area (Å²) in [5, 5.41) is 0. The Balaban J connectivity index is 2.34. The molecule has 0 heterocycles. The first-order valence-electron chi connectivity index (χ1n) is 5.84. The van der Waals surface area contributed by atoms with E-state index in [9.17, 15) is 0 Å². The molecule has 1 saturated carbocycles. The van der Waals surface area contributed by atoms with E-state index in [0.29, 0.717) is 11.5 Å². The normalized spacial score (nSPS) is 29.6. The Kier molecular flexibility index (Phi) is 3.96. The molecule has 0 saturated heterocycles. The number of rotatable bonds is 2. The minimum Gasteiger partial charge on any atom is -0.328 e. The highest BCUT2D eigenvalue weighted by atomic mass is 15.1. The molecular formula is C12H26N2. The zero-order chi connectivity index (χ0) is 10.8. The van der Waals surface area contributed by atoms with Gasteiger partial charge in [0.2, 0.25) is 0 Å². The van der Waals surface area contributed by atoms with E-state index >= 15 is 0 Å². The summed E-state index contributed by atoms with van der Waals surface area (Å²) in [6, 6.07) is 1.24. The summed E-state index contributed by atoms with van der Waals surface area (Å²) in [6.45, 7) is 8.10. The molecule has 2 nitrogen and oxygen atoms in total. The molecule has 84 valence electrons. The quantitative estimate of drug-likeness (QED) is 0.737. The largest absolute Gasteiger partial charge is 0.328 e. The summed E-state index contributed by atoms with van der Waals surface area (Å²) in [7, 11) is 2.26. The lowest BCUT2D eigenvalue weighted by atomic mass is 9.89. The van der Waals surface area contributed by atoms with Gasteiger partial charge in [-0.1, -0.05) is 20.8 Å². The second kappa shape index (κ2) is 4.63. The Morgan fingerprint density at radius 1 is 1.14 bits per heavy atom. The van der Waals surface area contributed by atoms with E-state index in [-0.39, 0.29) is 0 Å². The van der Waals surface area contributed by atoms with Crippen LogP contribution in [0.2, 0.25) is 0 Å². The highest BCUT2D eigenvalue weighted by Gasteiger charge is 2.24. The van der Waals surface area contributed by atoms with Crippen LogP contribution in [0.4, 0.5) is 0 Å². The topological polar surface area (TPSA) is 29.3 Å². The van der Waals surface area contributed by atoms with Crippen molar-refractivity contribution in [3.8, 4) is 0 Å². The zero-order valence-corrected chi connectivity index (χ0v) is 10.2. The van der Waals surface area contributed by atoms with E-state index in [0.717, 1.165) is 6.04 Å². The lowest BCUT2D eigenvalue weighted by Gasteiger charge is -2.36. The van der Waals surface area contributed by atoms with Crippen LogP contribution in [-0.2, 0) is 0 Å². The summed E-state index contributed by atoms with van der Waals surface area (Å²) >= 11 is 0. The average molecular weight is 198 g/mol. The van der Waals surface area contributed by atoms with E-state index in [4.69, 9.17) is 5.73 Å². The monoisotopic (exact) mass is 198 g/mol. The third-order valence-corrected chi connectivity index (χ3v) is 3.09. The first-order chi connectivity index (χ1) is 6.38. The average Bonchev–Trinajstić information content (AvgIpc) is 2.02. The van der Waals surface area contributed by atoms with Gasteiger partial charge in [-0.2, -0.15) is 0 Å². The smallest absolute Gasteiger partial charge is 0.00935 e. The van der Waals surface area contributed by atoms with E-state index in [1.165, 1.54) is 32.2 Å². The van der Waals surface area contributed by atoms with Crippen LogP contribution in [0, 0.1) is 5.41 Å². The van der Waals surface area contributed by atoms with E-state index in [2.05, 4.69) is 32.7 Å². The fourth-order valence-electron chi connectivity index (χ4n) is 2.42. The van der Waals surface area contributed by atoms with Crippen LogP contribution in [0.1, 0.15) is 46.5 Å². The SMILES string of the molecule is CN(CC(C)(C)C)C1CCC(N)CC1. The van der Waals surface area contributed by atoms with Gasteiger partial charge >= 0.3 is 0 Å². The minimum atomic E-state index is 0.411. The molecule has 0 unspecified atom stereocenters. The van der Waals surface area contributed by atoms with Gasteiger partial charge in [-0.25, -0.2) is 0 Å². The van der Waals surface area contributed by atoms with Crippen molar-refractivity contribution < 1.29 is 0 Å². The van der Waals surface area contributed by atoms with Crippen LogP contribution < -0.4 is 5.73 Å². The second-order valence-corrected chi connectivity index (χ2v) is 6.04. The number of nitrogens with two attached hydrogens (primary N) is 1. The predicted molar refractivity (Wildman–Crippen MR) is 62.3 cm³/mol. The maximum absolute atomic E-state index is 5.91. The minimum absolute atomic E-state index is 0.411. The second-order valence-electron chi connectivity index (χ2n) is 6.04. The summed E-state index contributed by atoms with van der Waals surface area (Å²) in [4.78, 5) is 2.52. The predicted octanol–water partition coefficient (Wildman–Crippen LogP) is 2.23. The Hall–Kier alpha value is -0.0800. The maximum Gasteiger partial charge on any atom is 0.00935 e. The van der Waals surface area contributed by atoms with Gasteiger partial charge in [0.1, 0.15) is 0 Å². The molecular weight excluding hydrogens is 172 g/mol. The number of hydrogen-bond donors (Lipinski definition) is 1. The van der Waals surface area contributed by atoms with Gasteiger partial charge in [0.05, 0.1) is 0 Å². The van der Waals surface area contributed by atoms with E-state index < -0.39 is 0 Å². The van der Waals surface area contributed by atoms with Crippen molar-refractivity contribution >= 4 is 0 Å². The molecule has 0 aromatic carbocycles. The summed E-state index contributed by atoms with van der Waals surface area (Å²) in [5.74, 6) is 0. The summed E-state index contributed by atoms with van der Waals surface area (Å²) < 4.78 is 0. The van der Waals surface area contributed by atoms with Crippen molar-refractivity contribution in [3.63, 3.8) is 0 Å². The van der Waals surface area contributed by atoms with Gasteiger partial charge in [0, 0.05) is 18.6 Å². The Morgan fingerprint density at radius 3 is 2.07 bits per heavy atom.